The van der Waals surface area contributed by atoms with Crippen LogP contribution in [0.3, 0.4) is 0 Å². The van der Waals surface area contributed by atoms with E-state index < -0.39 is 0 Å². The molecule has 1 heterocycles. The van der Waals surface area contributed by atoms with Crippen LogP contribution in [-0.2, 0) is 4.74 Å². The third-order valence-electron chi connectivity index (χ3n) is 1.36. The van der Waals surface area contributed by atoms with Crippen molar-refractivity contribution in [3.63, 3.8) is 0 Å². The van der Waals surface area contributed by atoms with Crippen molar-refractivity contribution in [3.8, 4) is 12.3 Å². The van der Waals surface area contributed by atoms with E-state index in [-0.39, 0.29) is 0 Å². The minimum atomic E-state index is 0.392. The largest absolute Gasteiger partial charge is 0.378 e. The molecular formula is C7H11NO. The summed E-state index contributed by atoms with van der Waals surface area (Å²) < 4.78 is 5.18. The van der Waals surface area contributed by atoms with Crippen molar-refractivity contribution in [1.29, 1.82) is 0 Å². The predicted molar refractivity (Wildman–Crippen MR) is 36.1 cm³/mol. The summed E-state index contributed by atoms with van der Waals surface area (Å²) in [5.41, 5.74) is 0. The number of terminal acetylenes is 1. The van der Waals surface area contributed by atoms with Crippen LogP contribution < -0.4 is 5.32 Å². The van der Waals surface area contributed by atoms with E-state index in [1.54, 1.807) is 0 Å². The summed E-state index contributed by atoms with van der Waals surface area (Å²) in [6.07, 6.45) is 5.89. The quantitative estimate of drug-likeness (QED) is 0.498. The van der Waals surface area contributed by atoms with Crippen molar-refractivity contribution in [2.24, 2.45) is 0 Å². The lowest BCUT2D eigenvalue weighted by molar-refractivity contribution is 0.0784. The third-order valence-corrected chi connectivity index (χ3v) is 1.36. The van der Waals surface area contributed by atoms with Crippen LogP contribution in [0.15, 0.2) is 0 Å². The van der Waals surface area contributed by atoms with Crippen LogP contribution >= 0.6 is 0 Å². The molecule has 0 radical (unpaired) electrons. The average Bonchev–Trinajstić information content (AvgIpc) is 1.91. The van der Waals surface area contributed by atoms with Gasteiger partial charge in [-0.15, -0.1) is 12.3 Å². The highest BCUT2D eigenvalue weighted by Gasteiger charge is 2.09. The van der Waals surface area contributed by atoms with Gasteiger partial charge in [-0.25, -0.2) is 0 Å². The molecule has 9 heavy (non-hydrogen) atoms. The Hall–Kier alpha value is -0.520. The molecule has 0 aromatic carbocycles. The van der Waals surface area contributed by atoms with E-state index in [0.717, 1.165) is 26.2 Å². The van der Waals surface area contributed by atoms with Gasteiger partial charge < -0.3 is 10.1 Å². The lowest BCUT2D eigenvalue weighted by Gasteiger charge is -2.21. The van der Waals surface area contributed by atoms with Crippen molar-refractivity contribution in [2.45, 2.75) is 12.5 Å². The molecule has 1 N–H and O–H groups in total. The normalized spacial score (nSPS) is 27.2. The van der Waals surface area contributed by atoms with Crippen LogP contribution in [0.25, 0.3) is 0 Å². The molecule has 0 bridgehead atoms. The Morgan fingerprint density at radius 3 is 3.22 bits per heavy atom. The summed E-state index contributed by atoms with van der Waals surface area (Å²) >= 11 is 0. The summed E-state index contributed by atoms with van der Waals surface area (Å²) in [6, 6.07) is 0.392. The predicted octanol–water partition coefficient (Wildman–Crippen LogP) is -0.00190. The van der Waals surface area contributed by atoms with Gasteiger partial charge in [-0.1, -0.05) is 0 Å². The standard InChI is InChI=1S/C7H11NO/c1-2-3-7-6-9-5-4-8-7/h1,7-8H,3-6H2/t7-/m0/s1. The van der Waals surface area contributed by atoms with Gasteiger partial charge in [0.2, 0.25) is 0 Å². The Bertz CT molecular complexity index is 111. The topological polar surface area (TPSA) is 21.3 Å². The smallest absolute Gasteiger partial charge is 0.0629 e. The zero-order chi connectivity index (χ0) is 6.53. The molecule has 1 saturated heterocycles. The molecular weight excluding hydrogens is 114 g/mol. The van der Waals surface area contributed by atoms with Crippen LogP contribution in [0.4, 0.5) is 0 Å². The van der Waals surface area contributed by atoms with Crippen molar-refractivity contribution in [3.05, 3.63) is 0 Å². The summed E-state index contributed by atoms with van der Waals surface area (Å²) in [7, 11) is 0. The van der Waals surface area contributed by atoms with Crippen molar-refractivity contribution in [1.82, 2.24) is 5.32 Å². The van der Waals surface area contributed by atoms with Gasteiger partial charge in [0, 0.05) is 19.0 Å². The summed E-state index contributed by atoms with van der Waals surface area (Å²) in [5, 5.41) is 3.25. The molecule has 0 aliphatic carbocycles. The Balaban J connectivity index is 2.17. The summed E-state index contributed by atoms with van der Waals surface area (Å²) in [5.74, 6) is 2.59. The zero-order valence-electron chi connectivity index (χ0n) is 5.39. The van der Waals surface area contributed by atoms with Gasteiger partial charge in [-0.2, -0.15) is 0 Å². The Labute approximate surface area is 55.6 Å². The SMILES string of the molecule is C#CC[C@H]1COCCN1. The fourth-order valence-electron chi connectivity index (χ4n) is 0.893. The third kappa shape index (κ3) is 2.05. The lowest BCUT2D eigenvalue weighted by Crippen LogP contribution is -2.40. The average molecular weight is 125 g/mol. The minimum absolute atomic E-state index is 0.392. The first-order valence-corrected chi connectivity index (χ1v) is 3.18. The molecule has 1 aliphatic rings. The second-order valence-electron chi connectivity index (χ2n) is 2.13. The molecule has 0 unspecified atom stereocenters. The maximum absolute atomic E-state index is 5.18. The molecule has 50 valence electrons. The van der Waals surface area contributed by atoms with E-state index >= 15 is 0 Å². The van der Waals surface area contributed by atoms with Crippen LogP contribution in [0.1, 0.15) is 6.42 Å². The second-order valence-corrected chi connectivity index (χ2v) is 2.13. The van der Waals surface area contributed by atoms with Crippen molar-refractivity contribution < 1.29 is 4.74 Å². The van der Waals surface area contributed by atoms with Crippen molar-refractivity contribution >= 4 is 0 Å². The van der Waals surface area contributed by atoms with Gasteiger partial charge in [-0.05, 0) is 0 Å². The summed E-state index contributed by atoms with van der Waals surface area (Å²) in [4.78, 5) is 0. The molecule has 0 aromatic heterocycles. The molecule has 2 nitrogen and oxygen atoms in total. The zero-order valence-corrected chi connectivity index (χ0v) is 5.39. The highest BCUT2D eigenvalue weighted by atomic mass is 16.5. The maximum Gasteiger partial charge on any atom is 0.0629 e. The van der Waals surface area contributed by atoms with E-state index in [4.69, 9.17) is 11.2 Å². The first kappa shape index (κ1) is 6.60. The number of hydrogen-bond acceptors (Lipinski definition) is 2. The number of morpholine rings is 1. The van der Waals surface area contributed by atoms with E-state index in [0.29, 0.717) is 6.04 Å². The van der Waals surface area contributed by atoms with E-state index in [2.05, 4.69) is 11.2 Å². The molecule has 1 rings (SSSR count). The molecule has 1 aliphatic heterocycles. The number of ether oxygens (including phenoxy) is 1. The van der Waals surface area contributed by atoms with Crippen LogP contribution in [0, 0.1) is 12.3 Å². The first-order valence-electron chi connectivity index (χ1n) is 3.18. The van der Waals surface area contributed by atoms with Gasteiger partial charge in [0.05, 0.1) is 13.2 Å². The highest BCUT2D eigenvalue weighted by molar-refractivity contribution is 4.90. The van der Waals surface area contributed by atoms with Gasteiger partial charge in [-0.3, -0.25) is 0 Å². The van der Waals surface area contributed by atoms with Gasteiger partial charge in [0.1, 0.15) is 0 Å². The van der Waals surface area contributed by atoms with E-state index in [1.807, 2.05) is 0 Å². The fraction of sp³-hybridized carbons (Fsp3) is 0.714. The van der Waals surface area contributed by atoms with Crippen LogP contribution in [-0.4, -0.2) is 25.8 Å². The first-order chi connectivity index (χ1) is 4.43. The number of hydrogen-bond donors (Lipinski definition) is 1. The molecule has 1 atom stereocenters. The Morgan fingerprint density at radius 1 is 1.78 bits per heavy atom. The van der Waals surface area contributed by atoms with Gasteiger partial charge in [0.15, 0.2) is 0 Å². The van der Waals surface area contributed by atoms with E-state index in [9.17, 15) is 0 Å². The molecule has 0 amide bonds. The maximum atomic E-state index is 5.18. The fourth-order valence-corrected chi connectivity index (χ4v) is 0.893. The number of rotatable bonds is 1. The van der Waals surface area contributed by atoms with E-state index in [1.165, 1.54) is 0 Å². The summed E-state index contributed by atoms with van der Waals surface area (Å²) in [6.45, 7) is 2.53. The molecule has 2 heteroatoms. The van der Waals surface area contributed by atoms with Gasteiger partial charge >= 0.3 is 0 Å². The molecule has 0 aromatic rings. The van der Waals surface area contributed by atoms with Crippen molar-refractivity contribution in [2.75, 3.05) is 19.8 Å². The highest BCUT2D eigenvalue weighted by Crippen LogP contribution is 1.95. The molecule has 0 saturated carbocycles. The van der Waals surface area contributed by atoms with Gasteiger partial charge in [0.25, 0.3) is 0 Å². The minimum Gasteiger partial charge on any atom is -0.378 e. The lowest BCUT2D eigenvalue weighted by atomic mass is 10.2. The Kier molecular flexibility index (Phi) is 2.56. The number of nitrogens with one attached hydrogen (secondary N) is 1. The van der Waals surface area contributed by atoms with Crippen LogP contribution in [0.2, 0.25) is 0 Å². The second kappa shape index (κ2) is 3.49. The Morgan fingerprint density at radius 2 is 2.67 bits per heavy atom. The monoisotopic (exact) mass is 125 g/mol. The van der Waals surface area contributed by atoms with Crippen LogP contribution in [0.5, 0.6) is 0 Å². The molecule has 0 spiro atoms. The molecule has 1 fully saturated rings.